The van der Waals surface area contributed by atoms with Crippen LogP contribution >= 0.6 is 0 Å². The summed E-state index contributed by atoms with van der Waals surface area (Å²) in [5.74, 6) is -0.264. The Bertz CT molecular complexity index is 681. The second-order valence-corrected chi connectivity index (χ2v) is 7.95. The fourth-order valence-corrected chi connectivity index (χ4v) is 4.60. The number of amides is 1. The molecular weight excluding hydrogens is 333 g/mol. The molecular formula is C20H31FN3O2+. The van der Waals surface area contributed by atoms with E-state index in [0.29, 0.717) is 13.0 Å². The summed E-state index contributed by atoms with van der Waals surface area (Å²) in [4.78, 5) is 14.0. The smallest absolute Gasteiger partial charge is 0.274 e. The normalized spacial score (nSPS) is 29.7. The maximum absolute atomic E-state index is 14.2. The molecule has 2 N–H and O–H groups in total. The van der Waals surface area contributed by atoms with Crippen LogP contribution < -0.4 is 5.48 Å². The Morgan fingerprint density at radius 1 is 1.42 bits per heavy atom. The van der Waals surface area contributed by atoms with Gasteiger partial charge in [0.15, 0.2) is 0 Å². The van der Waals surface area contributed by atoms with E-state index in [2.05, 4.69) is 11.9 Å². The van der Waals surface area contributed by atoms with Gasteiger partial charge in [-0.25, -0.2) is 9.87 Å². The minimum absolute atomic E-state index is 0.180. The van der Waals surface area contributed by atoms with E-state index in [1.807, 2.05) is 13.8 Å². The average molecular weight is 364 g/mol. The summed E-state index contributed by atoms with van der Waals surface area (Å²) in [5.41, 5.74) is 3.36. The van der Waals surface area contributed by atoms with E-state index in [1.165, 1.54) is 36.5 Å². The standard InChI is InChI=1S/C18H24FN3O2.C2H6/c1-22-5-3-12(6-15(22)11-22)9-21-4-2-16-14(10-21)7-13(8-17(16)19)18(23)20-24;1-2/h7-8,12,15H,2-6,9-11H2,1H3,(H-,20,23,24);1-2H3/p+1/t12?,15-,22?;/m0./s1. The van der Waals surface area contributed by atoms with Crippen molar-refractivity contribution in [2.24, 2.45) is 5.92 Å². The third-order valence-electron chi connectivity index (χ3n) is 6.27. The SMILES string of the molecule is CC.C[N+]12CCC(CN3CCc4c(F)cc(C(=O)NO)cc4C3)C[C@H]1C2. The summed E-state index contributed by atoms with van der Waals surface area (Å²) >= 11 is 0. The van der Waals surface area contributed by atoms with Gasteiger partial charge in [-0.2, -0.15) is 0 Å². The van der Waals surface area contributed by atoms with Crippen LogP contribution in [-0.2, 0) is 13.0 Å². The molecule has 0 spiro atoms. The first-order valence-corrected chi connectivity index (χ1v) is 9.81. The van der Waals surface area contributed by atoms with Gasteiger partial charge in [0.05, 0.1) is 13.6 Å². The Labute approximate surface area is 155 Å². The van der Waals surface area contributed by atoms with E-state index < -0.39 is 5.91 Å². The molecule has 0 radical (unpaired) electrons. The van der Waals surface area contributed by atoms with Gasteiger partial charge in [0, 0.05) is 38.0 Å². The fraction of sp³-hybridized carbons (Fsp3) is 0.650. The lowest BCUT2D eigenvalue weighted by atomic mass is 9.92. The topological polar surface area (TPSA) is 52.6 Å². The number of carbonyl (C=O) groups excluding carboxylic acids is 1. The molecule has 3 aliphatic rings. The summed E-state index contributed by atoms with van der Waals surface area (Å²) in [6, 6.07) is 3.79. The number of piperidine rings is 1. The predicted molar refractivity (Wildman–Crippen MR) is 98.4 cm³/mol. The van der Waals surface area contributed by atoms with Crippen LogP contribution in [0.5, 0.6) is 0 Å². The number of carbonyl (C=O) groups is 1. The number of nitrogens with zero attached hydrogens (tertiary/aromatic N) is 2. The molecule has 0 saturated carbocycles. The molecule has 26 heavy (non-hydrogen) atoms. The number of hydrogen-bond donors (Lipinski definition) is 2. The van der Waals surface area contributed by atoms with Crippen LogP contribution in [-0.4, -0.2) is 59.8 Å². The Kier molecular flexibility index (Phi) is 5.65. The van der Waals surface area contributed by atoms with Crippen molar-refractivity contribution in [1.82, 2.24) is 10.4 Å². The molecule has 1 amide bonds. The number of benzene rings is 1. The van der Waals surface area contributed by atoms with Gasteiger partial charge in [-0.3, -0.25) is 14.9 Å². The third kappa shape index (κ3) is 3.77. The van der Waals surface area contributed by atoms with E-state index in [9.17, 15) is 9.18 Å². The molecule has 4 rings (SSSR count). The molecule has 3 heterocycles. The lowest BCUT2D eigenvalue weighted by molar-refractivity contribution is -0.798. The number of halogens is 1. The molecule has 3 aliphatic heterocycles. The number of likely N-dealkylation sites (N-methyl/N-ethyl adjacent to an activating group) is 1. The molecule has 144 valence electrons. The number of hydrogen-bond acceptors (Lipinski definition) is 3. The van der Waals surface area contributed by atoms with Gasteiger partial charge in [-0.1, -0.05) is 13.8 Å². The number of nitrogens with one attached hydrogen (secondary N) is 1. The summed E-state index contributed by atoms with van der Waals surface area (Å²) in [6.07, 6.45) is 3.27. The minimum Gasteiger partial charge on any atom is -0.314 e. The fourth-order valence-electron chi connectivity index (χ4n) is 4.60. The Morgan fingerprint density at radius 2 is 2.19 bits per heavy atom. The van der Waals surface area contributed by atoms with Gasteiger partial charge >= 0.3 is 0 Å². The van der Waals surface area contributed by atoms with Crippen LogP contribution in [0.25, 0.3) is 0 Å². The van der Waals surface area contributed by atoms with Crippen molar-refractivity contribution < 1.29 is 18.9 Å². The number of quaternary nitrogens is 1. The van der Waals surface area contributed by atoms with Crippen LogP contribution in [0.4, 0.5) is 4.39 Å². The molecule has 2 saturated heterocycles. The Balaban J connectivity index is 0.000000948. The maximum Gasteiger partial charge on any atom is 0.274 e. The number of fused-ring (bicyclic) bond motifs is 2. The second-order valence-electron chi connectivity index (χ2n) is 7.95. The summed E-state index contributed by atoms with van der Waals surface area (Å²) in [7, 11) is 2.36. The molecule has 2 unspecified atom stereocenters. The highest BCUT2D eigenvalue weighted by Crippen LogP contribution is 2.40. The zero-order valence-electron chi connectivity index (χ0n) is 16.1. The minimum atomic E-state index is -0.660. The van der Waals surface area contributed by atoms with Crippen molar-refractivity contribution in [3.63, 3.8) is 0 Å². The van der Waals surface area contributed by atoms with E-state index in [-0.39, 0.29) is 11.4 Å². The largest absolute Gasteiger partial charge is 0.314 e. The van der Waals surface area contributed by atoms with E-state index in [0.717, 1.165) is 36.2 Å². The zero-order chi connectivity index (χ0) is 18.9. The van der Waals surface area contributed by atoms with Gasteiger partial charge < -0.3 is 4.48 Å². The number of hydroxylamine groups is 1. The van der Waals surface area contributed by atoms with Crippen molar-refractivity contribution >= 4 is 5.91 Å². The second kappa shape index (κ2) is 7.62. The molecule has 0 bridgehead atoms. The summed E-state index contributed by atoms with van der Waals surface area (Å²) in [5, 5.41) is 8.77. The molecule has 3 atom stereocenters. The van der Waals surface area contributed by atoms with Gasteiger partial charge in [0.2, 0.25) is 0 Å². The van der Waals surface area contributed by atoms with Crippen LogP contribution in [0.1, 0.15) is 48.2 Å². The number of rotatable bonds is 3. The van der Waals surface area contributed by atoms with Gasteiger partial charge in [0.1, 0.15) is 18.4 Å². The highest BCUT2D eigenvalue weighted by molar-refractivity contribution is 5.93. The van der Waals surface area contributed by atoms with Gasteiger partial charge in [-0.05, 0) is 35.6 Å². The first-order valence-electron chi connectivity index (χ1n) is 9.81. The summed E-state index contributed by atoms with van der Waals surface area (Å²) < 4.78 is 15.5. The van der Waals surface area contributed by atoms with Crippen molar-refractivity contribution in [2.75, 3.05) is 33.2 Å². The average Bonchev–Trinajstić information content (AvgIpc) is 3.33. The lowest BCUT2D eigenvalue weighted by Gasteiger charge is -2.34. The lowest BCUT2D eigenvalue weighted by Crippen LogP contribution is -2.40. The molecule has 5 nitrogen and oxygen atoms in total. The molecule has 1 aromatic rings. The quantitative estimate of drug-likeness (QED) is 0.375. The predicted octanol–water partition coefficient (Wildman–Crippen LogP) is 2.57. The van der Waals surface area contributed by atoms with Crippen molar-refractivity contribution in [3.05, 3.63) is 34.6 Å². The monoisotopic (exact) mass is 364 g/mol. The van der Waals surface area contributed by atoms with Crippen molar-refractivity contribution in [1.29, 1.82) is 0 Å². The van der Waals surface area contributed by atoms with Crippen molar-refractivity contribution in [3.8, 4) is 0 Å². The Morgan fingerprint density at radius 3 is 2.88 bits per heavy atom. The van der Waals surface area contributed by atoms with Crippen LogP contribution in [0.2, 0.25) is 0 Å². The van der Waals surface area contributed by atoms with Gasteiger partial charge in [0.25, 0.3) is 5.91 Å². The third-order valence-corrected chi connectivity index (χ3v) is 6.27. The van der Waals surface area contributed by atoms with Crippen LogP contribution in [0, 0.1) is 11.7 Å². The molecule has 0 aliphatic carbocycles. The molecule has 6 heteroatoms. The maximum atomic E-state index is 14.2. The highest BCUT2D eigenvalue weighted by Gasteiger charge is 2.54. The molecule has 2 fully saturated rings. The highest BCUT2D eigenvalue weighted by atomic mass is 19.1. The van der Waals surface area contributed by atoms with Crippen LogP contribution in [0.3, 0.4) is 0 Å². The molecule has 1 aromatic carbocycles. The van der Waals surface area contributed by atoms with E-state index in [1.54, 1.807) is 11.5 Å². The van der Waals surface area contributed by atoms with E-state index >= 15 is 0 Å². The van der Waals surface area contributed by atoms with Crippen LogP contribution in [0.15, 0.2) is 12.1 Å². The first-order chi connectivity index (χ1) is 12.5. The van der Waals surface area contributed by atoms with Crippen molar-refractivity contribution in [2.45, 2.75) is 45.7 Å². The molecule has 0 aromatic heterocycles. The van der Waals surface area contributed by atoms with E-state index in [4.69, 9.17) is 5.21 Å². The zero-order valence-corrected chi connectivity index (χ0v) is 16.1. The Hall–Kier alpha value is -1.50. The summed E-state index contributed by atoms with van der Waals surface area (Å²) in [6.45, 7) is 9.25. The van der Waals surface area contributed by atoms with Gasteiger partial charge in [-0.15, -0.1) is 0 Å². The first kappa shape index (κ1) is 19.3.